The van der Waals surface area contributed by atoms with E-state index in [2.05, 4.69) is 44.0 Å². The van der Waals surface area contributed by atoms with Gasteiger partial charge in [0.25, 0.3) is 0 Å². The van der Waals surface area contributed by atoms with E-state index in [9.17, 15) is 0 Å². The maximum atomic E-state index is 4.58. The largest absolute Gasteiger partial charge is 0.283 e. The Morgan fingerprint density at radius 1 is 1.06 bits per heavy atom. The van der Waals surface area contributed by atoms with E-state index in [0.717, 1.165) is 16.0 Å². The fourth-order valence-corrected chi connectivity index (χ4v) is 3.10. The first-order valence-corrected chi connectivity index (χ1v) is 6.56. The highest BCUT2D eigenvalue weighted by molar-refractivity contribution is 7.15. The summed E-state index contributed by atoms with van der Waals surface area (Å²) in [5.41, 5.74) is 4.45. The first-order chi connectivity index (χ1) is 8.93. The second kappa shape index (κ2) is 3.65. The van der Waals surface area contributed by atoms with Crippen molar-refractivity contribution in [2.75, 3.05) is 0 Å². The molecule has 4 rings (SSSR count). The van der Waals surface area contributed by atoms with E-state index >= 15 is 0 Å². The van der Waals surface area contributed by atoms with Crippen LogP contribution in [0.4, 0.5) is 0 Å². The van der Waals surface area contributed by atoms with Gasteiger partial charge in [0.2, 0.25) is 0 Å². The molecule has 0 radical (unpaired) electrons. The number of rotatable bonds is 1. The minimum absolute atomic E-state index is 0.946. The fraction of sp³-hybridized carbons (Fsp3) is 0. The molecule has 0 aliphatic heterocycles. The second-order valence-corrected chi connectivity index (χ2v) is 4.92. The Labute approximate surface area is 107 Å². The van der Waals surface area contributed by atoms with E-state index in [4.69, 9.17) is 0 Å². The van der Waals surface area contributed by atoms with Crippen molar-refractivity contribution in [2.45, 2.75) is 0 Å². The van der Waals surface area contributed by atoms with Crippen molar-refractivity contribution in [3.05, 3.63) is 54.2 Å². The molecule has 4 heteroatoms. The zero-order valence-electron chi connectivity index (χ0n) is 9.45. The average molecular weight is 251 g/mol. The lowest BCUT2D eigenvalue weighted by molar-refractivity contribution is 1.27. The Hall–Kier alpha value is -2.20. The average Bonchev–Trinajstić information content (AvgIpc) is 2.98. The quantitative estimate of drug-likeness (QED) is 0.517. The molecule has 18 heavy (non-hydrogen) atoms. The van der Waals surface area contributed by atoms with Crippen molar-refractivity contribution in [1.82, 2.24) is 14.4 Å². The number of nitrogens with zero attached hydrogens (tertiary/aromatic N) is 3. The molecule has 4 aromatic rings. The van der Waals surface area contributed by atoms with Gasteiger partial charge < -0.3 is 0 Å². The maximum Gasteiger partial charge on any atom is 0.195 e. The zero-order valence-corrected chi connectivity index (χ0v) is 10.3. The summed E-state index contributed by atoms with van der Waals surface area (Å²) in [5.74, 6) is 0. The smallest absolute Gasteiger partial charge is 0.195 e. The van der Waals surface area contributed by atoms with Gasteiger partial charge in [0.15, 0.2) is 4.96 Å². The topological polar surface area (TPSA) is 30.2 Å². The molecule has 0 saturated carbocycles. The van der Waals surface area contributed by atoms with Gasteiger partial charge in [-0.25, -0.2) is 4.98 Å². The predicted octanol–water partition coefficient (Wildman–Crippen LogP) is 3.61. The van der Waals surface area contributed by atoms with Gasteiger partial charge >= 0.3 is 0 Å². The van der Waals surface area contributed by atoms with Crippen molar-refractivity contribution in [1.29, 1.82) is 0 Å². The Morgan fingerprint density at radius 2 is 1.94 bits per heavy atom. The highest BCUT2D eigenvalue weighted by Gasteiger charge is 2.11. The molecule has 0 spiro atoms. The number of benzene rings is 1. The second-order valence-electron chi connectivity index (χ2n) is 4.08. The number of hydrogen-bond acceptors (Lipinski definition) is 3. The summed E-state index contributed by atoms with van der Waals surface area (Å²) in [6, 6.07) is 12.4. The molecule has 0 amide bonds. The number of aromatic nitrogens is 3. The third-order valence-electron chi connectivity index (χ3n) is 3.01. The van der Waals surface area contributed by atoms with E-state index < -0.39 is 0 Å². The number of fused-ring (bicyclic) bond motifs is 3. The van der Waals surface area contributed by atoms with E-state index in [1.807, 2.05) is 24.5 Å². The highest BCUT2D eigenvalue weighted by Crippen LogP contribution is 2.29. The Balaban J connectivity index is 2.13. The van der Waals surface area contributed by atoms with E-state index in [0.29, 0.717) is 0 Å². The van der Waals surface area contributed by atoms with Crippen molar-refractivity contribution in [3.8, 4) is 11.3 Å². The lowest BCUT2D eigenvalue weighted by Gasteiger charge is -2.00. The molecular weight excluding hydrogens is 242 g/mol. The maximum absolute atomic E-state index is 4.58. The summed E-state index contributed by atoms with van der Waals surface area (Å²) in [6.45, 7) is 0. The number of hydrogen-bond donors (Lipinski definition) is 0. The van der Waals surface area contributed by atoms with Gasteiger partial charge in [0.1, 0.15) is 5.52 Å². The summed E-state index contributed by atoms with van der Waals surface area (Å²) < 4.78 is 2.19. The molecule has 3 nitrogen and oxygen atoms in total. The number of thiazole rings is 1. The van der Waals surface area contributed by atoms with Crippen LogP contribution in [0.3, 0.4) is 0 Å². The van der Waals surface area contributed by atoms with Gasteiger partial charge in [0, 0.05) is 11.6 Å². The molecule has 0 unspecified atom stereocenters. The van der Waals surface area contributed by atoms with Crippen LogP contribution in [0, 0.1) is 0 Å². The molecule has 3 aromatic heterocycles. The van der Waals surface area contributed by atoms with Crippen LogP contribution in [-0.2, 0) is 0 Å². The van der Waals surface area contributed by atoms with Crippen LogP contribution in [0.1, 0.15) is 0 Å². The van der Waals surface area contributed by atoms with Crippen molar-refractivity contribution >= 4 is 27.3 Å². The van der Waals surface area contributed by atoms with Crippen LogP contribution in [-0.4, -0.2) is 14.4 Å². The van der Waals surface area contributed by atoms with Crippen LogP contribution in [0.15, 0.2) is 54.2 Å². The number of imidazole rings is 1. The normalized spacial score (nSPS) is 11.3. The van der Waals surface area contributed by atoms with E-state index in [1.54, 1.807) is 11.3 Å². The minimum atomic E-state index is 0.946. The van der Waals surface area contributed by atoms with E-state index in [1.165, 1.54) is 11.3 Å². The zero-order chi connectivity index (χ0) is 11.9. The van der Waals surface area contributed by atoms with Crippen LogP contribution < -0.4 is 0 Å². The van der Waals surface area contributed by atoms with Crippen LogP contribution in [0.25, 0.3) is 27.3 Å². The summed E-state index contributed by atoms with van der Waals surface area (Å²) in [4.78, 5) is 9.71. The summed E-state index contributed by atoms with van der Waals surface area (Å²) in [7, 11) is 0. The van der Waals surface area contributed by atoms with Crippen LogP contribution in [0.5, 0.6) is 0 Å². The predicted molar refractivity (Wildman–Crippen MR) is 73.8 cm³/mol. The monoisotopic (exact) mass is 251 g/mol. The molecule has 86 valence electrons. The van der Waals surface area contributed by atoms with Crippen molar-refractivity contribution in [3.63, 3.8) is 0 Å². The summed E-state index contributed by atoms with van der Waals surface area (Å²) in [6.07, 6.45) is 3.62. The molecule has 3 heterocycles. The van der Waals surface area contributed by atoms with Crippen molar-refractivity contribution < 1.29 is 0 Å². The molecule has 0 aliphatic rings. The van der Waals surface area contributed by atoms with Gasteiger partial charge in [-0.15, -0.1) is 11.3 Å². The Bertz CT molecular complexity index is 830. The molecule has 0 fully saturated rings. The molecule has 0 N–H and O–H groups in total. The minimum Gasteiger partial charge on any atom is -0.283 e. The summed E-state index contributed by atoms with van der Waals surface area (Å²) in [5, 5.41) is 2.15. The Kier molecular flexibility index (Phi) is 1.98. The van der Waals surface area contributed by atoms with Crippen molar-refractivity contribution in [2.24, 2.45) is 0 Å². The van der Waals surface area contributed by atoms with Gasteiger partial charge in [-0.05, 0) is 11.6 Å². The fourth-order valence-electron chi connectivity index (χ4n) is 2.19. The molecule has 0 saturated heterocycles. The molecular formula is C14H9N3S. The first kappa shape index (κ1) is 9.79. The van der Waals surface area contributed by atoms with E-state index in [-0.39, 0.29) is 0 Å². The van der Waals surface area contributed by atoms with Gasteiger partial charge in [0.05, 0.1) is 17.4 Å². The summed E-state index contributed by atoms with van der Waals surface area (Å²) >= 11 is 1.66. The third-order valence-corrected chi connectivity index (χ3v) is 3.84. The highest BCUT2D eigenvalue weighted by atomic mass is 32.1. The standard InChI is InChI=1S/C14H9N3S/c1-2-4-10(5-3-1)13-9-18-14-16-11-8-15-7-6-12(11)17(13)14/h1-9H. The molecule has 0 aliphatic carbocycles. The molecule has 1 aromatic carbocycles. The van der Waals surface area contributed by atoms with Gasteiger partial charge in [-0.2, -0.15) is 0 Å². The lowest BCUT2D eigenvalue weighted by atomic mass is 10.2. The van der Waals surface area contributed by atoms with Crippen LogP contribution in [0.2, 0.25) is 0 Å². The molecule has 0 atom stereocenters. The van der Waals surface area contributed by atoms with Gasteiger partial charge in [-0.1, -0.05) is 30.3 Å². The first-order valence-electron chi connectivity index (χ1n) is 5.68. The molecule has 0 bridgehead atoms. The SMILES string of the molecule is c1ccc(-c2csc3nc4cnccc4n23)cc1. The lowest BCUT2D eigenvalue weighted by Crippen LogP contribution is -1.85. The third kappa shape index (κ3) is 1.29. The van der Waals surface area contributed by atoms with Gasteiger partial charge in [-0.3, -0.25) is 9.38 Å². The Morgan fingerprint density at radius 3 is 2.83 bits per heavy atom. The number of pyridine rings is 1. The van der Waals surface area contributed by atoms with Crippen LogP contribution >= 0.6 is 11.3 Å².